The Morgan fingerprint density at radius 3 is 2.48 bits per heavy atom. The van der Waals surface area contributed by atoms with Crippen LogP contribution in [0.2, 0.25) is 5.02 Å². The summed E-state index contributed by atoms with van der Waals surface area (Å²) in [5, 5.41) is 0.597. The van der Waals surface area contributed by atoms with Gasteiger partial charge in [0.1, 0.15) is 5.75 Å². The van der Waals surface area contributed by atoms with Crippen LogP contribution in [0.3, 0.4) is 0 Å². The van der Waals surface area contributed by atoms with Crippen LogP contribution in [0.1, 0.15) is 18.4 Å². The van der Waals surface area contributed by atoms with Crippen molar-refractivity contribution >= 4 is 33.2 Å². The van der Waals surface area contributed by atoms with E-state index in [0.29, 0.717) is 29.4 Å². The van der Waals surface area contributed by atoms with Crippen molar-refractivity contribution in [1.82, 2.24) is 4.31 Å². The van der Waals surface area contributed by atoms with Gasteiger partial charge < -0.3 is 9.64 Å². The molecule has 0 bridgehead atoms. The fourth-order valence-corrected chi connectivity index (χ4v) is 4.36. The number of ether oxygens (including phenoxy) is 1. The molecule has 0 unspecified atom stereocenters. The van der Waals surface area contributed by atoms with E-state index in [1.54, 1.807) is 35.2 Å². The van der Waals surface area contributed by atoms with Gasteiger partial charge in [-0.05, 0) is 42.3 Å². The van der Waals surface area contributed by atoms with Crippen LogP contribution in [0.25, 0.3) is 0 Å². The molecule has 0 saturated carbocycles. The van der Waals surface area contributed by atoms with Gasteiger partial charge in [0.25, 0.3) is 0 Å². The molecular formula is C19H21ClN2O4S. The molecular weight excluding hydrogens is 388 g/mol. The molecule has 0 spiro atoms. The summed E-state index contributed by atoms with van der Waals surface area (Å²) in [5.41, 5.74) is 1.31. The molecule has 1 fully saturated rings. The van der Waals surface area contributed by atoms with Crippen LogP contribution in [0.5, 0.6) is 5.75 Å². The van der Waals surface area contributed by atoms with E-state index in [-0.39, 0.29) is 17.3 Å². The van der Waals surface area contributed by atoms with Crippen LogP contribution in [0, 0.1) is 0 Å². The van der Waals surface area contributed by atoms with E-state index in [0.717, 1.165) is 12.0 Å². The average molecular weight is 409 g/mol. The zero-order chi connectivity index (χ0) is 19.6. The van der Waals surface area contributed by atoms with Crippen molar-refractivity contribution in [2.24, 2.45) is 0 Å². The zero-order valence-electron chi connectivity index (χ0n) is 15.2. The Bertz CT molecular complexity index is 945. The minimum Gasteiger partial charge on any atom is -0.495 e. The number of hydrogen-bond acceptors (Lipinski definition) is 4. The molecule has 0 N–H and O–H groups in total. The second kappa shape index (κ2) is 7.88. The molecule has 2 aromatic rings. The predicted molar refractivity (Wildman–Crippen MR) is 105 cm³/mol. The fraction of sp³-hybridized carbons (Fsp3) is 0.316. The van der Waals surface area contributed by atoms with Gasteiger partial charge in [-0.3, -0.25) is 4.79 Å². The molecule has 0 aromatic heterocycles. The standard InChI is InChI=1S/C19H21ClN2O4S/c1-21(13-14-5-7-15(20)8-6-14)27(24,25)16-9-10-18(26-2)17(12-16)22-11-3-4-19(22)23/h5-10,12H,3-4,11,13H2,1-2H3. The molecule has 6 nitrogen and oxygen atoms in total. The van der Waals surface area contributed by atoms with Crippen molar-refractivity contribution < 1.29 is 17.9 Å². The Balaban J connectivity index is 1.91. The minimum atomic E-state index is -3.73. The van der Waals surface area contributed by atoms with Crippen LogP contribution < -0.4 is 9.64 Å². The quantitative estimate of drug-likeness (QED) is 0.735. The lowest BCUT2D eigenvalue weighted by Crippen LogP contribution is -2.28. The maximum absolute atomic E-state index is 13.0. The lowest BCUT2D eigenvalue weighted by Gasteiger charge is -2.22. The third-order valence-corrected chi connectivity index (χ3v) is 6.59. The molecule has 144 valence electrons. The van der Waals surface area contributed by atoms with E-state index in [4.69, 9.17) is 16.3 Å². The second-order valence-corrected chi connectivity index (χ2v) is 8.85. The summed E-state index contributed by atoms with van der Waals surface area (Å²) < 4.78 is 32.6. The fourth-order valence-electron chi connectivity index (χ4n) is 3.06. The molecule has 1 aliphatic rings. The highest BCUT2D eigenvalue weighted by Gasteiger charge is 2.28. The van der Waals surface area contributed by atoms with Crippen molar-refractivity contribution in [1.29, 1.82) is 0 Å². The summed E-state index contributed by atoms with van der Waals surface area (Å²) in [4.78, 5) is 13.8. The third-order valence-electron chi connectivity index (χ3n) is 4.54. The van der Waals surface area contributed by atoms with Gasteiger partial charge in [0, 0.05) is 31.6 Å². The monoisotopic (exact) mass is 408 g/mol. The molecule has 0 atom stereocenters. The van der Waals surface area contributed by atoms with E-state index in [2.05, 4.69) is 0 Å². The smallest absolute Gasteiger partial charge is 0.243 e. The number of rotatable bonds is 6. The molecule has 8 heteroatoms. The number of nitrogens with zero attached hydrogens (tertiary/aromatic N) is 2. The van der Waals surface area contributed by atoms with Gasteiger partial charge in [-0.15, -0.1) is 0 Å². The Morgan fingerprint density at radius 2 is 1.89 bits per heavy atom. The van der Waals surface area contributed by atoms with Crippen molar-refractivity contribution in [3.8, 4) is 5.75 Å². The molecule has 1 amide bonds. The highest BCUT2D eigenvalue weighted by atomic mass is 35.5. The summed E-state index contributed by atoms with van der Waals surface area (Å²) >= 11 is 5.88. The number of halogens is 1. The zero-order valence-corrected chi connectivity index (χ0v) is 16.8. The third kappa shape index (κ3) is 4.10. The number of methoxy groups -OCH3 is 1. The van der Waals surface area contributed by atoms with Crippen LogP contribution in [-0.2, 0) is 21.4 Å². The molecule has 0 aliphatic carbocycles. The van der Waals surface area contributed by atoms with Crippen molar-refractivity contribution in [2.45, 2.75) is 24.3 Å². The normalized spacial score (nSPS) is 14.8. The van der Waals surface area contributed by atoms with Gasteiger partial charge in [0.2, 0.25) is 15.9 Å². The van der Waals surface area contributed by atoms with Gasteiger partial charge in [0.15, 0.2) is 0 Å². The van der Waals surface area contributed by atoms with Crippen LogP contribution in [-0.4, -0.2) is 39.3 Å². The Labute approximate surface area is 164 Å². The molecule has 0 radical (unpaired) electrons. The van der Waals surface area contributed by atoms with E-state index >= 15 is 0 Å². The topological polar surface area (TPSA) is 66.9 Å². The molecule has 1 aliphatic heterocycles. The van der Waals surface area contributed by atoms with Gasteiger partial charge in [-0.1, -0.05) is 23.7 Å². The maximum Gasteiger partial charge on any atom is 0.243 e. The van der Waals surface area contributed by atoms with Crippen LogP contribution >= 0.6 is 11.6 Å². The van der Waals surface area contributed by atoms with Gasteiger partial charge in [-0.2, -0.15) is 4.31 Å². The number of sulfonamides is 1. The SMILES string of the molecule is COc1ccc(S(=O)(=O)N(C)Cc2ccc(Cl)cc2)cc1N1CCCC1=O. The predicted octanol–water partition coefficient (Wildman–Crippen LogP) is 3.30. The summed E-state index contributed by atoms with van der Waals surface area (Å²) in [7, 11) is -0.712. The molecule has 1 saturated heterocycles. The number of carbonyl (C=O) groups is 1. The first-order valence-electron chi connectivity index (χ1n) is 8.52. The molecule has 1 heterocycles. The number of anilines is 1. The van der Waals surface area contributed by atoms with Crippen molar-refractivity contribution in [3.05, 3.63) is 53.1 Å². The number of amides is 1. The lowest BCUT2D eigenvalue weighted by atomic mass is 10.2. The van der Waals surface area contributed by atoms with Gasteiger partial charge >= 0.3 is 0 Å². The summed E-state index contributed by atoms with van der Waals surface area (Å²) in [6, 6.07) is 11.6. The largest absolute Gasteiger partial charge is 0.495 e. The first-order valence-corrected chi connectivity index (χ1v) is 10.3. The molecule has 27 heavy (non-hydrogen) atoms. The van der Waals surface area contributed by atoms with E-state index in [9.17, 15) is 13.2 Å². The van der Waals surface area contributed by atoms with Gasteiger partial charge in [-0.25, -0.2) is 8.42 Å². The van der Waals surface area contributed by atoms with E-state index in [1.165, 1.54) is 30.6 Å². The Kier molecular flexibility index (Phi) is 5.74. The number of carbonyl (C=O) groups excluding carboxylic acids is 1. The van der Waals surface area contributed by atoms with E-state index in [1.807, 2.05) is 0 Å². The summed E-state index contributed by atoms with van der Waals surface area (Å²) in [6.45, 7) is 0.767. The first-order chi connectivity index (χ1) is 12.8. The van der Waals surface area contributed by atoms with Crippen LogP contribution in [0.15, 0.2) is 47.4 Å². The Hall–Kier alpha value is -2.09. The average Bonchev–Trinajstić information content (AvgIpc) is 3.08. The molecule has 3 rings (SSSR count). The molecule has 2 aromatic carbocycles. The summed E-state index contributed by atoms with van der Waals surface area (Å²) in [5.74, 6) is 0.446. The van der Waals surface area contributed by atoms with Crippen LogP contribution in [0.4, 0.5) is 5.69 Å². The minimum absolute atomic E-state index is 0.0302. The van der Waals surface area contributed by atoms with E-state index < -0.39 is 10.0 Å². The highest BCUT2D eigenvalue weighted by molar-refractivity contribution is 7.89. The number of benzene rings is 2. The summed E-state index contributed by atoms with van der Waals surface area (Å²) in [6.07, 6.45) is 1.20. The van der Waals surface area contributed by atoms with Gasteiger partial charge in [0.05, 0.1) is 17.7 Å². The maximum atomic E-state index is 13.0. The first kappa shape index (κ1) is 19.7. The van der Waals surface area contributed by atoms with Crippen molar-refractivity contribution in [2.75, 3.05) is 25.6 Å². The van der Waals surface area contributed by atoms with Crippen molar-refractivity contribution in [3.63, 3.8) is 0 Å². The Morgan fingerprint density at radius 1 is 1.19 bits per heavy atom. The lowest BCUT2D eigenvalue weighted by molar-refractivity contribution is -0.117. The highest BCUT2D eigenvalue weighted by Crippen LogP contribution is 2.34. The second-order valence-electron chi connectivity index (χ2n) is 6.37. The number of hydrogen-bond donors (Lipinski definition) is 0.